The van der Waals surface area contributed by atoms with Crippen LogP contribution >= 0.6 is 0 Å². The van der Waals surface area contributed by atoms with Gasteiger partial charge in [0.05, 0.1) is 5.41 Å². The van der Waals surface area contributed by atoms with Gasteiger partial charge in [-0.25, -0.2) is 4.98 Å². The maximum Gasteiger partial charge on any atom is 0.310 e. The maximum absolute atomic E-state index is 12.0. The Hall–Kier alpha value is -2.37. The molecule has 1 amide bonds. The molecule has 6 heteroatoms. The Kier molecular flexibility index (Phi) is 5.25. The first-order chi connectivity index (χ1) is 9.38. The van der Waals surface area contributed by atoms with Gasteiger partial charge in [-0.1, -0.05) is 12.7 Å². The molecule has 1 aromatic rings. The second-order valence-electron chi connectivity index (χ2n) is 4.82. The van der Waals surface area contributed by atoms with E-state index in [0.717, 1.165) is 0 Å². The number of ether oxygens (including phenoxy) is 1. The lowest BCUT2D eigenvalue weighted by Gasteiger charge is -2.19. The van der Waals surface area contributed by atoms with Crippen molar-refractivity contribution < 1.29 is 19.4 Å². The van der Waals surface area contributed by atoms with E-state index >= 15 is 0 Å². The van der Waals surface area contributed by atoms with Crippen LogP contribution in [-0.4, -0.2) is 35.1 Å². The average Bonchev–Trinajstić information content (AvgIpc) is 2.42. The van der Waals surface area contributed by atoms with Crippen molar-refractivity contribution in [2.75, 3.05) is 13.2 Å². The number of hydrogen-bond acceptors (Lipinski definition) is 4. The van der Waals surface area contributed by atoms with Crippen molar-refractivity contribution in [1.29, 1.82) is 0 Å². The van der Waals surface area contributed by atoms with E-state index in [2.05, 4.69) is 16.9 Å². The molecule has 0 saturated heterocycles. The smallest absolute Gasteiger partial charge is 0.310 e. The SMILES string of the molecule is C=CCOc1cccnc1C(=O)NCC(C)(C)C(=O)O. The fraction of sp³-hybridized carbons (Fsp3) is 0.357. The Bertz CT molecular complexity index is 512. The summed E-state index contributed by atoms with van der Waals surface area (Å²) in [6.07, 6.45) is 3.03. The molecule has 1 aromatic heterocycles. The predicted molar refractivity (Wildman–Crippen MR) is 73.7 cm³/mol. The number of hydrogen-bond donors (Lipinski definition) is 2. The van der Waals surface area contributed by atoms with E-state index in [1.807, 2.05) is 0 Å². The van der Waals surface area contributed by atoms with Gasteiger partial charge in [-0.05, 0) is 26.0 Å². The fourth-order valence-corrected chi connectivity index (χ4v) is 1.29. The first-order valence-electron chi connectivity index (χ1n) is 6.09. The van der Waals surface area contributed by atoms with Gasteiger partial charge in [0.1, 0.15) is 6.61 Å². The zero-order valence-corrected chi connectivity index (χ0v) is 11.5. The van der Waals surface area contributed by atoms with Gasteiger partial charge in [0.2, 0.25) is 0 Å². The number of aliphatic carboxylic acids is 1. The predicted octanol–water partition coefficient (Wildman–Crippen LogP) is 1.49. The van der Waals surface area contributed by atoms with Crippen molar-refractivity contribution in [3.8, 4) is 5.75 Å². The molecular weight excluding hydrogens is 260 g/mol. The minimum absolute atomic E-state index is 0.00135. The van der Waals surface area contributed by atoms with Crippen LogP contribution in [0.4, 0.5) is 0 Å². The highest BCUT2D eigenvalue weighted by molar-refractivity contribution is 5.95. The molecule has 2 N–H and O–H groups in total. The summed E-state index contributed by atoms with van der Waals surface area (Å²) in [7, 11) is 0. The number of aromatic nitrogens is 1. The number of nitrogens with zero attached hydrogens (tertiary/aromatic N) is 1. The zero-order chi connectivity index (χ0) is 15.2. The summed E-state index contributed by atoms with van der Waals surface area (Å²) in [5.41, 5.74) is -0.928. The largest absolute Gasteiger partial charge is 0.487 e. The molecule has 20 heavy (non-hydrogen) atoms. The van der Waals surface area contributed by atoms with Gasteiger partial charge in [-0.3, -0.25) is 9.59 Å². The van der Waals surface area contributed by atoms with E-state index in [9.17, 15) is 9.59 Å². The molecule has 0 atom stereocenters. The molecule has 0 saturated carbocycles. The molecular formula is C14H18N2O4. The van der Waals surface area contributed by atoms with Crippen molar-refractivity contribution in [2.45, 2.75) is 13.8 Å². The fourth-order valence-electron chi connectivity index (χ4n) is 1.29. The second-order valence-corrected chi connectivity index (χ2v) is 4.82. The van der Waals surface area contributed by atoms with E-state index < -0.39 is 17.3 Å². The van der Waals surface area contributed by atoms with Crippen LogP contribution in [0.3, 0.4) is 0 Å². The summed E-state index contributed by atoms with van der Waals surface area (Å²) in [5, 5.41) is 11.5. The summed E-state index contributed by atoms with van der Waals surface area (Å²) in [6, 6.07) is 3.27. The highest BCUT2D eigenvalue weighted by atomic mass is 16.5. The Morgan fingerprint density at radius 3 is 2.85 bits per heavy atom. The Morgan fingerprint density at radius 2 is 2.25 bits per heavy atom. The van der Waals surface area contributed by atoms with Crippen molar-refractivity contribution in [3.63, 3.8) is 0 Å². The van der Waals surface area contributed by atoms with Crippen LogP contribution in [0.2, 0.25) is 0 Å². The first-order valence-corrected chi connectivity index (χ1v) is 6.09. The van der Waals surface area contributed by atoms with Crippen LogP contribution in [0.15, 0.2) is 31.0 Å². The molecule has 0 aliphatic rings. The van der Waals surface area contributed by atoms with E-state index in [0.29, 0.717) is 5.75 Å². The van der Waals surface area contributed by atoms with Crippen LogP contribution in [0.5, 0.6) is 5.75 Å². The number of carboxylic acid groups (broad SMARTS) is 1. The molecule has 0 spiro atoms. The first kappa shape index (κ1) is 15.7. The van der Waals surface area contributed by atoms with Gasteiger partial charge in [0.25, 0.3) is 5.91 Å². The van der Waals surface area contributed by atoms with Crippen LogP contribution in [0.1, 0.15) is 24.3 Å². The number of rotatable bonds is 7. The molecule has 1 rings (SSSR count). The lowest BCUT2D eigenvalue weighted by Crippen LogP contribution is -2.39. The Labute approximate surface area is 117 Å². The van der Waals surface area contributed by atoms with Crippen LogP contribution in [0.25, 0.3) is 0 Å². The van der Waals surface area contributed by atoms with E-state index in [1.165, 1.54) is 20.0 Å². The molecule has 0 aliphatic carbocycles. The normalized spacial score (nSPS) is 10.7. The number of pyridine rings is 1. The van der Waals surface area contributed by atoms with Gasteiger partial charge in [-0.15, -0.1) is 0 Å². The zero-order valence-electron chi connectivity index (χ0n) is 11.5. The van der Waals surface area contributed by atoms with E-state index in [1.54, 1.807) is 18.2 Å². The molecule has 6 nitrogen and oxygen atoms in total. The standard InChI is InChI=1S/C14H18N2O4/c1-4-8-20-10-6-5-7-15-11(10)12(17)16-9-14(2,3)13(18)19/h4-7H,1,8-9H2,2-3H3,(H,16,17)(H,18,19). The summed E-state index contributed by atoms with van der Waals surface area (Å²) in [4.78, 5) is 27.0. The molecule has 0 unspecified atom stereocenters. The lowest BCUT2D eigenvalue weighted by atomic mass is 9.94. The lowest BCUT2D eigenvalue weighted by molar-refractivity contribution is -0.146. The summed E-state index contributed by atoms with van der Waals surface area (Å²) < 4.78 is 5.33. The van der Waals surface area contributed by atoms with Crippen molar-refractivity contribution in [2.24, 2.45) is 5.41 Å². The van der Waals surface area contributed by atoms with E-state index in [4.69, 9.17) is 9.84 Å². The van der Waals surface area contributed by atoms with E-state index in [-0.39, 0.29) is 18.8 Å². The average molecular weight is 278 g/mol. The van der Waals surface area contributed by atoms with Crippen LogP contribution in [-0.2, 0) is 4.79 Å². The van der Waals surface area contributed by atoms with Crippen LogP contribution in [0, 0.1) is 5.41 Å². The van der Waals surface area contributed by atoms with Gasteiger partial charge in [-0.2, -0.15) is 0 Å². The molecule has 0 radical (unpaired) electrons. The number of amides is 1. The third-order valence-corrected chi connectivity index (χ3v) is 2.61. The number of carbonyl (C=O) groups is 2. The molecule has 1 heterocycles. The van der Waals surface area contributed by atoms with Crippen molar-refractivity contribution in [3.05, 3.63) is 36.7 Å². The Morgan fingerprint density at radius 1 is 1.55 bits per heavy atom. The van der Waals surface area contributed by atoms with Gasteiger partial charge < -0.3 is 15.2 Å². The second kappa shape index (κ2) is 6.70. The topological polar surface area (TPSA) is 88.5 Å². The third kappa shape index (κ3) is 4.08. The monoisotopic (exact) mass is 278 g/mol. The third-order valence-electron chi connectivity index (χ3n) is 2.61. The quantitative estimate of drug-likeness (QED) is 0.738. The maximum atomic E-state index is 12.0. The highest BCUT2D eigenvalue weighted by Crippen LogP contribution is 2.17. The van der Waals surface area contributed by atoms with Gasteiger partial charge >= 0.3 is 5.97 Å². The summed E-state index contributed by atoms with van der Waals surface area (Å²) in [5.74, 6) is -1.13. The highest BCUT2D eigenvalue weighted by Gasteiger charge is 2.28. The Balaban J connectivity index is 2.77. The summed E-state index contributed by atoms with van der Waals surface area (Å²) in [6.45, 7) is 6.84. The van der Waals surface area contributed by atoms with Crippen molar-refractivity contribution >= 4 is 11.9 Å². The molecule has 0 bridgehead atoms. The number of carbonyl (C=O) groups excluding carboxylic acids is 1. The molecule has 0 aliphatic heterocycles. The molecule has 0 aromatic carbocycles. The summed E-state index contributed by atoms with van der Waals surface area (Å²) >= 11 is 0. The van der Waals surface area contributed by atoms with Gasteiger partial charge in [0.15, 0.2) is 11.4 Å². The number of nitrogens with one attached hydrogen (secondary N) is 1. The van der Waals surface area contributed by atoms with Crippen LogP contribution < -0.4 is 10.1 Å². The number of carboxylic acids is 1. The minimum atomic E-state index is -1.05. The van der Waals surface area contributed by atoms with Gasteiger partial charge in [0, 0.05) is 12.7 Å². The molecule has 108 valence electrons. The minimum Gasteiger partial charge on any atom is -0.487 e. The molecule has 0 fully saturated rings. The van der Waals surface area contributed by atoms with Crippen molar-refractivity contribution in [1.82, 2.24) is 10.3 Å².